The Morgan fingerprint density at radius 3 is 2.88 bits per heavy atom. The summed E-state index contributed by atoms with van der Waals surface area (Å²) in [4.78, 5) is 13.1. The van der Waals surface area contributed by atoms with Crippen LogP contribution in [0.5, 0.6) is 0 Å². The largest absolute Gasteiger partial charge is 0.330 e. The van der Waals surface area contributed by atoms with Crippen LogP contribution in [0.2, 0.25) is 0 Å². The number of hydrogen-bond acceptors (Lipinski definition) is 3. The Morgan fingerprint density at radius 2 is 2.24 bits per heavy atom. The number of nitrogens with two attached hydrogens (primary N) is 1. The predicted octanol–water partition coefficient (Wildman–Crippen LogP) is 2.57. The van der Waals surface area contributed by atoms with Gasteiger partial charge in [0.15, 0.2) is 0 Å². The molecule has 1 unspecified atom stereocenters. The molecule has 1 aromatic rings. The second-order valence-electron chi connectivity index (χ2n) is 4.55. The van der Waals surface area contributed by atoms with E-state index < -0.39 is 0 Å². The summed E-state index contributed by atoms with van der Waals surface area (Å²) >= 11 is 1.63. The van der Waals surface area contributed by atoms with Crippen molar-refractivity contribution in [2.45, 2.75) is 36.3 Å². The van der Waals surface area contributed by atoms with Crippen LogP contribution in [0.15, 0.2) is 23.1 Å². The highest BCUT2D eigenvalue weighted by Crippen LogP contribution is 2.40. The molecule has 1 heterocycles. The molecule has 2 rings (SSSR count). The minimum absolute atomic E-state index is 0.0464. The monoisotopic (exact) mass is 250 g/mol. The lowest BCUT2D eigenvalue weighted by Gasteiger charge is -2.26. The number of carbonyl (C=O) groups excluding carboxylic acids is 1. The molecule has 0 spiro atoms. The first-order valence-electron chi connectivity index (χ1n) is 5.94. The number of rotatable bonds is 3. The Balaban J connectivity index is 2.34. The molecule has 0 aromatic heterocycles. The first-order valence-corrected chi connectivity index (χ1v) is 6.82. The van der Waals surface area contributed by atoms with E-state index >= 15 is 0 Å². The van der Waals surface area contributed by atoms with Crippen molar-refractivity contribution in [1.29, 1.82) is 0 Å². The fourth-order valence-electron chi connectivity index (χ4n) is 2.01. The maximum Gasteiger partial charge on any atom is 0.237 e. The third-order valence-electron chi connectivity index (χ3n) is 2.92. The Morgan fingerprint density at radius 1 is 1.47 bits per heavy atom. The molecule has 0 fully saturated rings. The molecule has 3 nitrogen and oxygen atoms in total. The second-order valence-corrected chi connectivity index (χ2v) is 5.79. The van der Waals surface area contributed by atoms with E-state index in [1.165, 1.54) is 5.56 Å². The topological polar surface area (TPSA) is 55.1 Å². The molecular weight excluding hydrogens is 232 g/mol. The standard InChI is InChI=1S/C13H18N2OS/c1-8(2)9-4-3-5-10-12(9)15-13(16)11(17-10)6-7-14/h3-5,8,11H,6-7,14H2,1-2H3,(H,15,16). The van der Waals surface area contributed by atoms with Gasteiger partial charge in [-0.3, -0.25) is 4.79 Å². The van der Waals surface area contributed by atoms with Gasteiger partial charge in [0.05, 0.1) is 10.9 Å². The van der Waals surface area contributed by atoms with Crippen molar-refractivity contribution < 1.29 is 4.79 Å². The third kappa shape index (κ3) is 2.48. The van der Waals surface area contributed by atoms with E-state index in [9.17, 15) is 4.79 Å². The minimum atomic E-state index is -0.0464. The van der Waals surface area contributed by atoms with Gasteiger partial charge in [-0.1, -0.05) is 26.0 Å². The molecule has 3 N–H and O–H groups in total. The first-order chi connectivity index (χ1) is 8.13. The summed E-state index contributed by atoms with van der Waals surface area (Å²) in [7, 11) is 0. The summed E-state index contributed by atoms with van der Waals surface area (Å²) in [5.74, 6) is 0.498. The first kappa shape index (κ1) is 12.5. The number of anilines is 1. The normalized spacial score (nSPS) is 19.1. The van der Waals surface area contributed by atoms with Crippen LogP contribution < -0.4 is 11.1 Å². The second kappa shape index (κ2) is 5.10. The molecule has 17 heavy (non-hydrogen) atoms. The van der Waals surface area contributed by atoms with Crippen molar-refractivity contribution in [3.05, 3.63) is 23.8 Å². The molecule has 0 bridgehead atoms. The zero-order valence-corrected chi connectivity index (χ0v) is 11.0. The summed E-state index contributed by atoms with van der Waals surface area (Å²) in [5, 5.41) is 2.98. The molecule has 0 saturated heterocycles. The lowest BCUT2D eigenvalue weighted by atomic mass is 10.0. The van der Waals surface area contributed by atoms with E-state index in [0.29, 0.717) is 12.5 Å². The Bertz CT molecular complexity index is 431. The molecular formula is C13H18N2OS. The maximum atomic E-state index is 11.9. The quantitative estimate of drug-likeness (QED) is 0.867. The van der Waals surface area contributed by atoms with Crippen molar-refractivity contribution in [1.82, 2.24) is 0 Å². The molecule has 1 aliphatic heterocycles. The number of thioether (sulfide) groups is 1. The van der Waals surface area contributed by atoms with Gasteiger partial charge >= 0.3 is 0 Å². The van der Waals surface area contributed by atoms with Gasteiger partial charge in [0, 0.05) is 4.90 Å². The summed E-state index contributed by atoms with van der Waals surface area (Å²) < 4.78 is 0. The average Bonchev–Trinajstić information content (AvgIpc) is 2.29. The minimum Gasteiger partial charge on any atom is -0.330 e. The van der Waals surface area contributed by atoms with Gasteiger partial charge in [0.2, 0.25) is 5.91 Å². The maximum absolute atomic E-state index is 11.9. The third-order valence-corrected chi connectivity index (χ3v) is 4.25. The Hall–Kier alpha value is -1.000. The van der Waals surface area contributed by atoms with Crippen LogP contribution in [0.25, 0.3) is 0 Å². The lowest BCUT2D eigenvalue weighted by Crippen LogP contribution is -2.31. The molecule has 1 aliphatic rings. The molecule has 92 valence electrons. The van der Waals surface area contributed by atoms with Crippen molar-refractivity contribution in [2.75, 3.05) is 11.9 Å². The molecule has 1 amide bonds. The number of amides is 1. The van der Waals surface area contributed by atoms with Gasteiger partial charge in [-0.25, -0.2) is 0 Å². The van der Waals surface area contributed by atoms with Gasteiger partial charge in [0.1, 0.15) is 0 Å². The van der Waals surface area contributed by atoms with Crippen molar-refractivity contribution in [3.63, 3.8) is 0 Å². The number of fused-ring (bicyclic) bond motifs is 1. The van der Waals surface area contributed by atoms with Gasteiger partial charge in [-0.05, 0) is 30.5 Å². The van der Waals surface area contributed by atoms with E-state index in [4.69, 9.17) is 5.73 Å². The molecule has 4 heteroatoms. The fourth-order valence-corrected chi connectivity index (χ4v) is 3.18. The van der Waals surface area contributed by atoms with Gasteiger partial charge in [-0.15, -0.1) is 11.8 Å². The predicted molar refractivity (Wildman–Crippen MR) is 72.5 cm³/mol. The molecule has 1 aromatic carbocycles. The summed E-state index contributed by atoms with van der Waals surface area (Å²) in [6.07, 6.45) is 0.724. The number of benzene rings is 1. The summed E-state index contributed by atoms with van der Waals surface area (Å²) in [6.45, 7) is 4.82. The van der Waals surface area contributed by atoms with Crippen LogP contribution in [-0.4, -0.2) is 17.7 Å². The zero-order valence-electron chi connectivity index (χ0n) is 10.2. The highest BCUT2D eigenvalue weighted by atomic mass is 32.2. The van der Waals surface area contributed by atoms with Crippen LogP contribution in [-0.2, 0) is 4.79 Å². The SMILES string of the molecule is CC(C)c1cccc2c1NC(=O)C(CCN)S2. The van der Waals surface area contributed by atoms with Gasteiger partial charge in [-0.2, -0.15) is 0 Å². The van der Waals surface area contributed by atoms with Crippen molar-refractivity contribution in [2.24, 2.45) is 5.73 Å². The molecule has 0 aliphatic carbocycles. The van der Waals surface area contributed by atoms with E-state index in [1.807, 2.05) is 0 Å². The molecule has 1 atom stereocenters. The summed E-state index contributed by atoms with van der Waals surface area (Å²) in [6, 6.07) is 6.20. The highest BCUT2D eigenvalue weighted by Gasteiger charge is 2.27. The zero-order chi connectivity index (χ0) is 12.4. The van der Waals surface area contributed by atoms with Gasteiger partial charge in [0.25, 0.3) is 0 Å². The number of nitrogens with one attached hydrogen (secondary N) is 1. The number of para-hydroxylation sites is 1. The van der Waals surface area contributed by atoms with Crippen molar-refractivity contribution in [3.8, 4) is 0 Å². The van der Waals surface area contributed by atoms with Crippen LogP contribution in [0.4, 0.5) is 5.69 Å². The lowest BCUT2D eigenvalue weighted by molar-refractivity contribution is -0.115. The van der Waals surface area contributed by atoms with E-state index in [0.717, 1.165) is 17.0 Å². The van der Waals surface area contributed by atoms with Crippen LogP contribution in [0.1, 0.15) is 31.7 Å². The van der Waals surface area contributed by atoms with E-state index in [1.54, 1.807) is 11.8 Å². The van der Waals surface area contributed by atoms with Crippen LogP contribution in [0, 0.1) is 0 Å². The fraction of sp³-hybridized carbons (Fsp3) is 0.462. The molecule has 0 saturated carbocycles. The average molecular weight is 250 g/mol. The Kier molecular flexibility index (Phi) is 3.74. The van der Waals surface area contributed by atoms with Crippen LogP contribution >= 0.6 is 11.8 Å². The smallest absolute Gasteiger partial charge is 0.237 e. The van der Waals surface area contributed by atoms with Crippen molar-refractivity contribution >= 4 is 23.4 Å². The summed E-state index contributed by atoms with van der Waals surface area (Å²) in [5.41, 5.74) is 7.72. The Labute approximate surface area is 106 Å². The molecule has 0 radical (unpaired) electrons. The van der Waals surface area contributed by atoms with Crippen LogP contribution in [0.3, 0.4) is 0 Å². The van der Waals surface area contributed by atoms with E-state index in [-0.39, 0.29) is 11.2 Å². The highest BCUT2D eigenvalue weighted by molar-refractivity contribution is 8.01. The van der Waals surface area contributed by atoms with Gasteiger partial charge < -0.3 is 11.1 Å². The van der Waals surface area contributed by atoms with E-state index in [2.05, 4.69) is 37.4 Å². The number of carbonyl (C=O) groups is 1. The number of hydrogen-bond donors (Lipinski definition) is 2.